The highest BCUT2D eigenvalue weighted by Gasteiger charge is 2.19. The summed E-state index contributed by atoms with van der Waals surface area (Å²) < 4.78 is 0. The van der Waals surface area contributed by atoms with E-state index in [-0.39, 0.29) is 0 Å². The van der Waals surface area contributed by atoms with Crippen molar-refractivity contribution in [3.8, 4) is 6.07 Å². The van der Waals surface area contributed by atoms with Crippen LogP contribution in [0.25, 0.3) is 0 Å². The minimum atomic E-state index is 0.486. The maximum atomic E-state index is 8.76. The molecule has 0 saturated heterocycles. The van der Waals surface area contributed by atoms with Crippen molar-refractivity contribution in [1.82, 2.24) is 0 Å². The standard InChI is InChI=1S/C14H15N/c15-11-10-13-8-4-5-9-14(13)12-6-2-1-3-7-12/h1-3,6-7,10,14H,4-5,8-9H2/b13-10-. The fourth-order valence-electron chi connectivity index (χ4n) is 2.36. The van der Waals surface area contributed by atoms with Crippen LogP contribution in [0, 0.1) is 11.3 Å². The normalized spacial score (nSPS) is 23.7. The van der Waals surface area contributed by atoms with Gasteiger partial charge in [-0.25, -0.2) is 0 Å². The zero-order chi connectivity index (χ0) is 10.5. The summed E-state index contributed by atoms with van der Waals surface area (Å²) in [4.78, 5) is 0. The van der Waals surface area contributed by atoms with Crippen molar-refractivity contribution >= 4 is 0 Å². The van der Waals surface area contributed by atoms with Gasteiger partial charge in [0.2, 0.25) is 0 Å². The molecule has 1 aliphatic rings. The van der Waals surface area contributed by atoms with Gasteiger partial charge in [-0.1, -0.05) is 42.3 Å². The zero-order valence-electron chi connectivity index (χ0n) is 8.82. The summed E-state index contributed by atoms with van der Waals surface area (Å²) >= 11 is 0. The maximum absolute atomic E-state index is 8.76. The second-order valence-electron chi connectivity index (χ2n) is 4.06. The van der Waals surface area contributed by atoms with Gasteiger partial charge in [0, 0.05) is 12.0 Å². The van der Waals surface area contributed by atoms with Gasteiger partial charge >= 0.3 is 0 Å². The van der Waals surface area contributed by atoms with Crippen LogP contribution in [0.1, 0.15) is 37.2 Å². The Kier molecular flexibility index (Phi) is 3.19. The molecule has 0 heterocycles. The van der Waals surface area contributed by atoms with Crippen LogP contribution in [-0.2, 0) is 0 Å². The van der Waals surface area contributed by atoms with Crippen molar-refractivity contribution in [2.45, 2.75) is 31.6 Å². The molecule has 1 unspecified atom stereocenters. The molecule has 0 radical (unpaired) electrons. The number of nitrogens with zero attached hydrogens (tertiary/aromatic N) is 1. The summed E-state index contributed by atoms with van der Waals surface area (Å²) in [5, 5.41) is 8.76. The van der Waals surface area contributed by atoms with Crippen LogP contribution in [0.3, 0.4) is 0 Å². The molecule has 0 aliphatic heterocycles. The third-order valence-corrected chi connectivity index (χ3v) is 3.11. The summed E-state index contributed by atoms with van der Waals surface area (Å²) in [7, 11) is 0. The third kappa shape index (κ3) is 2.27. The van der Waals surface area contributed by atoms with E-state index in [2.05, 4.69) is 30.3 Å². The molecule has 0 amide bonds. The van der Waals surface area contributed by atoms with Crippen LogP contribution >= 0.6 is 0 Å². The molecule has 1 nitrogen and oxygen atoms in total. The molecule has 1 aromatic rings. The molecule has 0 N–H and O–H groups in total. The van der Waals surface area contributed by atoms with Gasteiger partial charge in [-0.15, -0.1) is 0 Å². The summed E-state index contributed by atoms with van der Waals surface area (Å²) in [5.74, 6) is 0.486. The lowest BCUT2D eigenvalue weighted by Gasteiger charge is -2.25. The van der Waals surface area contributed by atoms with Gasteiger partial charge in [0.1, 0.15) is 0 Å². The Balaban J connectivity index is 2.27. The Bertz CT molecular complexity index is 384. The minimum Gasteiger partial charge on any atom is -0.193 e. The van der Waals surface area contributed by atoms with E-state index in [1.54, 1.807) is 6.08 Å². The van der Waals surface area contributed by atoms with Crippen molar-refractivity contribution in [3.63, 3.8) is 0 Å². The molecule has 1 fully saturated rings. The lowest BCUT2D eigenvalue weighted by molar-refractivity contribution is 0.541. The summed E-state index contributed by atoms with van der Waals surface area (Å²) in [5.41, 5.74) is 2.67. The van der Waals surface area contributed by atoms with E-state index in [1.807, 2.05) is 6.07 Å². The van der Waals surface area contributed by atoms with Crippen LogP contribution < -0.4 is 0 Å². The largest absolute Gasteiger partial charge is 0.193 e. The van der Waals surface area contributed by atoms with Crippen molar-refractivity contribution in [2.75, 3.05) is 0 Å². The Morgan fingerprint density at radius 2 is 2.00 bits per heavy atom. The fraction of sp³-hybridized carbons (Fsp3) is 0.357. The van der Waals surface area contributed by atoms with Crippen molar-refractivity contribution in [2.24, 2.45) is 0 Å². The second-order valence-corrected chi connectivity index (χ2v) is 4.06. The van der Waals surface area contributed by atoms with Gasteiger partial charge in [-0.2, -0.15) is 5.26 Å². The van der Waals surface area contributed by atoms with Crippen LogP contribution in [0.5, 0.6) is 0 Å². The van der Waals surface area contributed by atoms with Crippen molar-refractivity contribution in [3.05, 3.63) is 47.5 Å². The first-order valence-electron chi connectivity index (χ1n) is 5.55. The third-order valence-electron chi connectivity index (χ3n) is 3.11. The molecule has 1 aliphatic carbocycles. The molecule has 0 aromatic heterocycles. The zero-order valence-corrected chi connectivity index (χ0v) is 8.82. The van der Waals surface area contributed by atoms with Crippen molar-refractivity contribution < 1.29 is 0 Å². The van der Waals surface area contributed by atoms with Gasteiger partial charge in [0.05, 0.1) is 6.07 Å². The molecule has 2 rings (SSSR count). The molecule has 15 heavy (non-hydrogen) atoms. The molecule has 1 saturated carbocycles. The first-order chi connectivity index (χ1) is 7.42. The molecule has 0 spiro atoms. The van der Waals surface area contributed by atoms with Gasteiger partial charge in [0.25, 0.3) is 0 Å². The van der Waals surface area contributed by atoms with Gasteiger partial charge in [-0.05, 0) is 24.8 Å². The van der Waals surface area contributed by atoms with E-state index < -0.39 is 0 Å². The van der Waals surface area contributed by atoms with Crippen molar-refractivity contribution in [1.29, 1.82) is 5.26 Å². The Hall–Kier alpha value is -1.55. The van der Waals surface area contributed by atoms with Crippen LogP contribution in [0.15, 0.2) is 42.0 Å². The van der Waals surface area contributed by atoms with Crippen LogP contribution in [0.2, 0.25) is 0 Å². The van der Waals surface area contributed by atoms with Gasteiger partial charge in [-0.3, -0.25) is 0 Å². The molecule has 1 atom stereocenters. The number of nitriles is 1. The highest BCUT2D eigenvalue weighted by Crippen LogP contribution is 2.36. The Morgan fingerprint density at radius 1 is 1.20 bits per heavy atom. The molecular weight excluding hydrogens is 182 g/mol. The summed E-state index contributed by atoms with van der Waals surface area (Å²) in [6.07, 6.45) is 6.54. The number of hydrogen-bond donors (Lipinski definition) is 0. The highest BCUT2D eigenvalue weighted by molar-refractivity contribution is 5.32. The van der Waals surface area contributed by atoms with Gasteiger partial charge in [0.15, 0.2) is 0 Å². The number of hydrogen-bond acceptors (Lipinski definition) is 1. The number of rotatable bonds is 1. The second kappa shape index (κ2) is 4.79. The molecular formula is C14H15N. The summed E-state index contributed by atoms with van der Waals surface area (Å²) in [6, 6.07) is 12.7. The summed E-state index contributed by atoms with van der Waals surface area (Å²) in [6.45, 7) is 0. The predicted octanol–water partition coefficient (Wildman–Crippen LogP) is 3.79. The molecule has 1 aromatic carbocycles. The Morgan fingerprint density at radius 3 is 2.73 bits per heavy atom. The predicted molar refractivity (Wildman–Crippen MR) is 61.3 cm³/mol. The highest BCUT2D eigenvalue weighted by atomic mass is 14.3. The van der Waals surface area contributed by atoms with E-state index in [4.69, 9.17) is 5.26 Å². The number of benzene rings is 1. The van der Waals surface area contributed by atoms with Gasteiger partial charge < -0.3 is 0 Å². The maximum Gasteiger partial charge on any atom is 0.0911 e. The van der Waals surface area contributed by atoms with E-state index in [9.17, 15) is 0 Å². The van der Waals surface area contributed by atoms with Crippen LogP contribution in [-0.4, -0.2) is 0 Å². The van der Waals surface area contributed by atoms with E-state index in [1.165, 1.54) is 30.4 Å². The average molecular weight is 197 g/mol. The molecule has 0 bridgehead atoms. The molecule has 76 valence electrons. The van der Waals surface area contributed by atoms with E-state index in [0.29, 0.717) is 5.92 Å². The Labute approximate surface area is 91.0 Å². The fourth-order valence-corrected chi connectivity index (χ4v) is 2.36. The lowest BCUT2D eigenvalue weighted by atomic mass is 9.80. The van der Waals surface area contributed by atoms with E-state index in [0.717, 1.165) is 6.42 Å². The van der Waals surface area contributed by atoms with Crippen LogP contribution in [0.4, 0.5) is 0 Å². The quantitative estimate of drug-likeness (QED) is 0.628. The minimum absolute atomic E-state index is 0.486. The lowest BCUT2D eigenvalue weighted by Crippen LogP contribution is -2.08. The SMILES string of the molecule is N#C/C=C1/CCCCC1c1ccccc1. The smallest absolute Gasteiger partial charge is 0.0911 e. The first kappa shape index (κ1) is 9.98. The molecule has 1 heteroatoms. The van der Waals surface area contributed by atoms with E-state index >= 15 is 0 Å². The topological polar surface area (TPSA) is 23.8 Å². The monoisotopic (exact) mass is 197 g/mol. The first-order valence-corrected chi connectivity index (χ1v) is 5.55. The number of allylic oxidation sites excluding steroid dienone is 2. The average Bonchev–Trinajstić information content (AvgIpc) is 2.31.